The van der Waals surface area contributed by atoms with Crippen molar-refractivity contribution in [2.24, 2.45) is 0 Å². The number of nitrogens with one attached hydrogen (secondary N) is 1. The van der Waals surface area contributed by atoms with Crippen molar-refractivity contribution in [3.63, 3.8) is 0 Å². The maximum absolute atomic E-state index is 3.99. The molecule has 0 atom stereocenters. The van der Waals surface area contributed by atoms with Crippen LogP contribution in [0.1, 0.15) is 32.0 Å². The summed E-state index contributed by atoms with van der Waals surface area (Å²) in [6.45, 7) is 7.38. The molecule has 0 saturated heterocycles. The van der Waals surface area contributed by atoms with Crippen LogP contribution in [0.5, 0.6) is 0 Å². The fourth-order valence-corrected chi connectivity index (χ4v) is 1.99. The van der Waals surface area contributed by atoms with Gasteiger partial charge < -0.3 is 5.32 Å². The lowest BCUT2D eigenvalue weighted by molar-refractivity contribution is 0.590. The zero-order valence-electron chi connectivity index (χ0n) is 10.4. The zero-order chi connectivity index (χ0) is 12.3. The molecule has 0 aliphatic carbocycles. The Balaban J connectivity index is 1.99. The third-order valence-corrected chi connectivity index (χ3v) is 3.18. The molecule has 0 spiro atoms. The molecule has 3 nitrogen and oxygen atoms in total. The van der Waals surface area contributed by atoms with Gasteiger partial charge in [-0.2, -0.15) is 0 Å². The molecule has 1 aromatic heterocycles. The van der Waals surface area contributed by atoms with Gasteiger partial charge >= 0.3 is 0 Å². The molecule has 90 valence electrons. The van der Waals surface area contributed by atoms with Gasteiger partial charge in [0.2, 0.25) is 0 Å². The van der Waals surface area contributed by atoms with Gasteiger partial charge in [-0.1, -0.05) is 37.4 Å². The van der Waals surface area contributed by atoms with Crippen molar-refractivity contribution < 1.29 is 0 Å². The number of benzene rings is 1. The molecule has 0 aliphatic rings. The van der Waals surface area contributed by atoms with Crippen molar-refractivity contribution in [1.29, 1.82) is 0 Å². The molecule has 2 rings (SSSR count). The van der Waals surface area contributed by atoms with Crippen LogP contribution < -0.4 is 5.32 Å². The molecule has 2 aromatic rings. The Labute approximate surface area is 106 Å². The van der Waals surface area contributed by atoms with Gasteiger partial charge in [0.15, 0.2) is 0 Å². The Kier molecular flexibility index (Phi) is 3.43. The molecule has 1 heterocycles. The van der Waals surface area contributed by atoms with E-state index in [0.29, 0.717) is 0 Å². The predicted molar refractivity (Wildman–Crippen MR) is 72.4 cm³/mol. The lowest BCUT2D eigenvalue weighted by atomic mass is 9.87. The van der Waals surface area contributed by atoms with Crippen LogP contribution in [0.15, 0.2) is 29.6 Å². The maximum Gasteiger partial charge on any atom is 0.0946 e. The monoisotopic (exact) mass is 247 g/mol. The van der Waals surface area contributed by atoms with Gasteiger partial charge in [-0.15, -0.1) is 5.10 Å². The van der Waals surface area contributed by atoms with Crippen molar-refractivity contribution >= 4 is 17.2 Å². The standard InChI is InChI=1S/C13H17N3S/c1-13(2,3)10-4-6-11(7-5-10)14-8-12-9-17-16-15-12/h4-7,9,14H,8H2,1-3H3. The van der Waals surface area contributed by atoms with E-state index in [9.17, 15) is 0 Å². The second-order valence-electron chi connectivity index (χ2n) is 5.08. The van der Waals surface area contributed by atoms with Crippen molar-refractivity contribution in [2.75, 3.05) is 5.32 Å². The highest BCUT2D eigenvalue weighted by Crippen LogP contribution is 2.23. The molecule has 0 aliphatic heterocycles. The first-order chi connectivity index (χ1) is 8.05. The normalized spacial score (nSPS) is 11.5. The molecule has 1 aromatic carbocycles. The van der Waals surface area contributed by atoms with Crippen LogP contribution in [0, 0.1) is 0 Å². The smallest absolute Gasteiger partial charge is 0.0946 e. The molecule has 0 unspecified atom stereocenters. The predicted octanol–water partition coefficient (Wildman–Crippen LogP) is 3.45. The van der Waals surface area contributed by atoms with Crippen molar-refractivity contribution in [3.8, 4) is 0 Å². The molecular weight excluding hydrogens is 230 g/mol. The molecule has 0 radical (unpaired) electrons. The maximum atomic E-state index is 3.99. The molecule has 0 bridgehead atoms. The lowest BCUT2D eigenvalue weighted by Crippen LogP contribution is -2.10. The van der Waals surface area contributed by atoms with E-state index in [1.165, 1.54) is 17.1 Å². The quantitative estimate of drug-likeness (QED) is 0.902. The van der Waals surface area contributed by atoms with Crippen LogP contribution in [0.3, 0.4) is 0 Å². The minimum absolute atomic E-state index is 0.206. The molecule has 0 saturated carbocycles. The average molecular weight is 247 g/mol. The van der Waals surface area contributed by atoms with Gasteiger partial charge in [-0.25, -0.2) is 0 Å². The van der Waals surface area contributed by atoms with Crippen LogP contribution in [0.4, 0.5) is 5.69 Å². The van der Waals surface area contributed by atoms with Gasteiger partial charge in [-0.3, -0.25) is 0 Å². The van der Waals surface area contributed by atoms with E-state index in [2.05, 4.69) is 59.9 Å². The van der Waals surface area contributed by atoms with E-state index in [4.69, 9.17) is 0 Å². The van der Waals surface area contributed by atoms with E-state index in [-0.39, 0.29) is 5.41 Å². The molecular formula is C13H17N3S. The average Bonchev–Trinajstić information content (AvgIpc) is 2.78. The van der Waals surface area contributed by atoms with Crippen molar-refractivity contribution in [1.82, 2.24) is 9.59 Å². The summed E-state index contributed by atoms with van der Waals surface area (Å²) in [5, 5.41) is 9.28. The number of nitrogens with zero attached hydrogens (tertiary/aromatic N) is 2. The Morgan fingerprint density at radius 3 is 2.41 bits per heavy atom. The topological polar surface area (TPSA) is 37.8 Å². The summed E-state index contributed by atoms with van der Waals surface area (Å²) in [6.07, 6.45) is 0. The summed E-state index contributed by atoms with van der Waals surface area (Å²) in [7, 11) is 0. The minimum atomic E-state index is 0.206. The summed E-state index contributed by atoms with van der Waals surface area (Å²) >= 11 is 1.38. The number of hydrogen-bond donors (Lipinski definition) is 1. The minimum Gasteiger partial charge on any atom is -0.379 e. The van der Waals surface area contributed by atoms with E-state index in [0.717, 1.165) is 17.9 Å². The van der Waals surface area contributed by atoms with Gasteiger partial charge in [-0.05, 0) is 34.6 Å². The van der Waals surface area contributed by atoms with E-state index in [1.807, 2.05) is 5.38 Å². The number of anilines is 1. The zero-order valence-corrected chi connectivity index (χ0v) is 11.2. The number of aromatic nitrogens is 2. The Hall–Kier alpha value is -1.42. The van der Waals surface area contributed by atoms with Crippen LogP contribution in [-0.4, -0.2) is 9.59 Å². The first-order valence-corrected chi connectivity index (χ1v) is 6.50. The number of rotatable bonds is 3. The second kappa shape index (κ2) is 4.84. The molecule has 0 amide bonds. The summed E-state index contributed by atoms with van der Waals surface area (Å²) in [4.78, 5) is 0. The van der Waals surface area contributed by atoms with E-state index < -0.39 is 0 Å². The first kappa shape index (κ1) is 12.0. The summed E-state index contributed by atoms with van der Waals surface area (Å²) in [6, 6.07) is 8.56. The van der Waals surface area contributed by atoms with Crippen molar-refractivity contribution in [3.05, 3.63) is 40.9 Å². The van der Waals surface area contributed by atoms with Crippen LogP contribution >= 0.6 is 11.5 Å². The SMILES string of the molecule is CC(C)(C)c1ccc(NCc2csnn2)cc1. The summed E-state index contributed by atoms with van der Waals surface area (Å²) in [5.41, 5.74) is 3.65. The Bertz CT molecular complexity index is 454. The van der Waals surface area contributed by atoms with Crippen LogP contribution in [-0.2, 0) is 12.0 Å². The summed E-state index contributed by atoms with van der Waals surface area (Å²) in [5.74, 6) is 0. The summed E-state index contributed by atoms with van der Waals surface area (Å²) < 4.78 is 3.83. The fraction of sp³-hybridized carbons (Fsp3) is 0.385. The van der Waals surface area contributed by atoms with Crippen LogP contribution in [0.25, 0.3) is 0 Å². The largest absolute Gasteiger partial charge is 0.379 e. The Morgan fingerprint density at radius 1 is 1.18 bits per heavy atom. The van der Waals surface area contributed by atoms with Gasteiger partial charge in [0, 0.05) is 11.1 Å². The lowest BCUT2D eigenvalue weighted by Gasteiger charge is -2.19. The molecule has 0 fully saturated rings. The number of hydrogen-bond acceptors (Lipinski definition) is 4. The third kappa shape index (κ3) is 3.27. The molecule has 4 heteroatoms. The van der Waals surface area contributed by atoms with Gasteiger partial charge in [0.1, 0.15) is 0 Å². The fourth-order valence-electron chi connectivity index (χ4n) is 1.54. The van der Waals surface area contributed by atoms with Crippen molar-refractivity contribution in [2.45, 2.75) is 32.7 Å². The van der Waals surface area contributed by atoms with Gasteiger partial charge in [0.05, 0.1) is 12.2 Å². The van der Waals surface area contributed by atoms with E-state index >= 15 is 0 Å². The first-order valence-electron chi connectivity index (χ1n) is 5.66. The Morgan fingerprint density at radius 2 is 1.88 bits per heavy atom. The molecule has 1 N–H and O–H groups in total. The highest BCUT2D eigenvalue weighted by molar-refractivity contribution is 7.03. The molecule has 17 heavy (non-hydrogen) atoms. The van der Waals surface area contributed by atoms with Gasteiger partial charge in [0.25, 0.3) is 0 Å². The highest BCUT2D eigenvalue weighted by atomic mass is 32.1. The van der Waals surface area contributed by atoms with Crippen LogP contribution in [0.2, 0.25) is 0 Å². The third-order valence-electron chi connectivity index (χ3n) is 2.63. The highest BCUT2D eigenvalue weighted by Gasteiger charge is 2.12. The van der Waals surface area contributed by atoms with E-state index in [1.54, 1.807) is 0 Å². The second-order valence-corrected chi connectivity index (χ2v) is 5.69.